The highest BCUT2D eigenvalue weighted by Crippen LogP contribution is 2.38. The second-order valence-corrected chi connectivity index (χ2v) is 4.38. The summed E-state index contributed by atoms with van der Waals surface area (Å²) >= 11 is 0. The molecule has 0 fully saturated rings. The van der Waals surface area contributed by atoms with Crippen LogP contribution in [0.3, 0.4) is 0 Å². The highest BCUT2D eigenvalue weighted by Gasteiger charge is 2.25. The van der Waals surface area contributed by atoms with E-state index in [2.05, 4.69) is 55.5 Å². The van der Waals surface area contributed by atoms with Gasteiger partial charge in [0.25, 0.3) is 0 Å². The van der Waals surface area contributed by atoms with E-state index in [4.69, 9.17) is 4.99 Å². The normalized spacial score (nSPS) is 17.7. The average Bonchev–Trinajstić information content (AvgIpc) is 2.78. The molecule has 0 saturated heterocycles. The van der Waals surface area contributed by atoms with Gasteiger partial charge in [0.1, 0.15) is 0 Å². The van der Waals surface area contributed by atoms with Crippen molar-refractivity contribution in [2.75, 3.05) is 0 Å². The first-order valence-electron chi connectivity index (χ1n) is 6.13. The SMILES string of the molecule is CCC1C(c2ccccc2)=Nc2ccccc21. The van der Waals surface area contributed by atoms with Crippen LogP contribution in [-0.2, 0) is 0 Å². The lowest BCUT2D eigenvalue weighted by atomic mass is 9.90. The van der Waals surface area contributed by atoms with E-state index in [0.717, 1.165) is 12.1 Å². The molecule has 0 spiro atoms. The van der Waals surface area contributed by atoms with Gasteiger partial charge in [-0.1, -0.05) is 55.5 Å². The molecule has 0 bridgehead atoms. The van der Waals surface area contributed by atoms with Gasteiger partial charge in [-0.25, -0.2) is 0 Å². The minimum absolute atomic E-state index is 0.452. The number of benzene rings is 2. The molecule has 1 aliphatic heterocycles. The summed E-state index contributed by atoms with van der Waals surface area (Å²) in [7, 11) is 0. The Morgan fingerprint density at radius 2 is 1.65 bits per heavy atom. The largest absolute Gasteiger partial charge is 0.252 e. The molecule has 1 atom stereocenters. The van der Waals surface area contributed by atoms with Crippen molar-refractivity contribution >= 4 is 11.4 Å². The van der Waals surface area contributed by atoms with Crippen LogP contribution in [0.15, 0.2) is 59.6 Å². The van der Waals surface area contributed by atoms with Gasteiger partial charge in [0.05, 0.1) is 11.4 Å². The molecule has 84 valence electrons. The fourth-order valence-electron chi connectivity index (χ4n) is 2.53. The van der Waals surface area contributed by atoms with Crippen molar-refractivity contribution in [3.63, 3.8) is 0 Å². The second kappa shape index (κ2) is 4.17. The Morgan fingerprint density at radius 1 is 0.941 bits per heavy atom. The zero-order valence-corrected chi connectivity index (χ0v) is 9.93. The molecule has 0 N–H and O–H groups in total. The number of aliphatic imine (C=N–C) groups is 1. The molecule has 0 radical (unpaired) electrons. The third kappa shape index (κ3) is 1.68. The standard InChI is InChI=1S/C16H15N/c1-2-13-14-10-6-7-11-15(14)17-16(13)12-8-4-3-5-9-12/h3-11,13H,2H2,1H3. The molecule has 3 rings (SSSR count). The van der Waals surface area contributed by atoms with E-state index in [1.54, 1.807) is 0 Å². The van der Waals surface area contributed by atoms with Crippen LogP contribution in [0.2, 0.25) is 0 Å². The predicted octanol–water partition coefficient (Wildman–Crippen LogP) is 4.31. The number of hydrogen-bond acceptors (Lipinski definition) is 1. The van der Waals surface area contributed by atoms with Gasteiger partial charge in [-0.2, -0.15) is 0 Å². The summed E-state index contributed by atoms with van der Waals surface area (Å²) in [6, 6.07) is 19.0. The van der Waals surface area contributed by atoms with Crippen molar-refractivity contribution in [3.8, 4) is 0 Å². The van der Waals surface area contributed by atoms with Crippen LogP contribution in [0.25, 0.3) is 0 Å². The first kappa shape index (κ1) is 10.3. The predicted molar refractivity (Wildman–Crippen MR) is 72.1 cm³/mol. The van der Waals surface area contributed by atoms with Gasteiger partial charge in [-0.05, 0) is 23.6 Å². The zero-order chi connectivity index (χ0) is 11.7. The van der Waals surface area contributed by atoms with Gasteiger partial charge in [0.2, 0.25) is 0 Å². The highest BCUT2D eigenvalue weighted by atomic mass is 14.8. The Bertz CT molecular complexity index is 555. The molecule has 1 unspecified atom stereocenters. The molecule has 0 aromatic heterocycles. The quantitative estimate of drug-likeness (QED) is 0.716. The lowest BCUT2D eigenvalue weighted by Gasteiger charge is -2.12. The summed E-state index contributed by atoms with van der Waals surface area (Å²) in [5.74, 6) is 0.452. The van der Waals surface area contributed by atoms with E-state index in [-0.39, 0.29) is 0 Å². The van der Waals surface area contributed by atoms with Gasteiger partial charge >= 0.3 is 0 Å². The average molecular weight is 221 g/mol. The van der Waals surface area contributed by atoms with Gasteiger partial charge in [-0.15, -0.1) is 0 Å². The Kier molecular flexibility index (Phi) is 2.52. The Balaban J connectivity index is 2.09. The van der Waals surface area contributed by atoms with E-state index in [0.29, 0.717) is 5.92 Å². The van der Waals surface area contributed by atoms with Crippen molar-refractivity contribution in [3.05, 3.63) is 65.7 Å². The number of para-hydroxylation sites is 1. The maximum absolute atomic E-state index is 4.79. The van der Waals surface area contributed by atoms with Crippen LogP contribution in [0.4, 0.5) is 5.69 Å². The maximum Gasteiger partial charge on any atom is 0.0672 e. The molecular formula is C16H15N. The van der Waals surface area contributed by atoms with E-state index in [1.165, 1.54) is 16.8 Å². The number of rotatable bonds is 2. The van der Waals surface area contributed by atoms with Gasteiger partial charge in [-0.3, -0.25) is 4.99 Å². The minimum atomic E-state index is 0.452. The van der Waals surface area contributed by atoms with Crippen LogP contribution in [-0.4, -0.2) is 5.71 Å². The number of hydrogen-bond donors (Lipinski definition) is 0. The van der Waals surface area contributed by atoms with E-state index >= 15 is 0 Å². The summed E-state index contributed by atoms with van der Waals surface area (Å²) in [6.45, 7) is 2.23. The van der Waals surface area contributed by atoms with E-state index in [1.807, 2.05) is 6.07 Å². The molecule has 2 aromatic rings. The van der Waals surface area contributed by atoms with Crippen LogP contribution < -0.4 is 0 Å². The Labute approximate surface area is 102 Å². The van der Waals surface area contributed by atoms with Crippen molar-refractivity contribution in [1.82, 2.24) is 0 Å². The third-order valence-corrected chi connectivity index (χ3v) is 3.36. The van der Waals surface area contributed by atoms with Gasteiger partial charge in [0, 0.05) is 5.92 Å². The van der Waals surface area contributed by atoms with Crippen LogP contribution in [0.1, 0.15) is 30.4 Å². The van der Waals surface area contributed by atoms with Crippen molar-refractivity contribution < 1.29 is 0 Å². The molecule has 1 heterocycles. The van der Waals surface area contributed by atoms with Gasteiger partial charge in [0.15, 0.2) is 0 Å². The molecule has 1 heteroatoms. The first-order valence-corrected chi connectivity index (χ1v) is 6.13. The fraction of sp³-hybridized carbons (Fsp3) is 0.188. The Hall–Kier alpha value is -1.89. The number of nitrogens with zero attached hydrogens (tertiary/aromatic N) is 1. The highest BCUT2D eigenvalue weighted by molar-refractivity contribution is 6.09. The molecule has 0 aliphatic carbocycles. The van der Waals surface area contributed by atoms with E-state index < -0.39 is 0 Å². The van der Waals surface area contributed by atoms with Gasteiger partial charge < -0.3 is 0 Å². The number of fused-ring (bicyclic) bond motifs is 1. The fourth-order valence-corrected chi connectivity index (χ4v) is 2.53. The second-order valence-electron chi connectivity index (χ2n) is 4.38. The monoisotopic (exact) mass is 221 g/mol. The van der Waals surface area contributed by atoms with Crippen LogP contribution in [0, 0.1) is 0 Å². The van der Waals surface area contributed by atoms with E-state index in [9.17, 15) is 0 Å². The zero-order valence-electron chi connectivity index (χ0n) is 9.93. The topological polar surface area (TPSA) is 12.4 Å². The molecule has 0 saturated carbocycles. The molecule has 1 aliphatic rings. The lowest BCUT2D eigenvalue weighted by Crippen LogP contribution is -2.08. The molecule has 2 aromatic carbocycles. The molecule has 1 nitrogen and oxygen atoms in total. The van der Waals surface area contributed by atoms with Crippen molar-refractivity contribution in [2.45, 2.75) is 19.3 Å². The third-order valence-electron chi connectivity index (χ3n) is 3.36. The summed E-state index contributed by atoms with van der Waals surface area (Å²) < 4.78 is 0. The molecule has 0 amide bonds. The first-order chi connectivity index (χ1) is 8.40. The summed E-state index contributed by atoms with van der Waals surface area (Å²) in [5.41, 5.74) is 4.97. The summed E-state index contributed by atoms with van der Waals surface area (Å²) in [6.07, 6.45) is 1.10. The molecular weight excluding hydrogens is 206 g/mol. The maximum atomic E-state index is 4.79. The summed E-state index contributed by atoms with van der Waals surface area (Å²) in [5, 5.41) is 0. The minimum Gasteiger partial charge on any atom is -0.252 e. The lowest BCUT2D eigenvalue weighted by molar-refractivity contribution is 0.862. The van der Waals surface area contributed by atoms with Crippen LogP contribution >= 0.6 is 0 Å². The van der Waals surface area contributed by atoms with Crippen molar-refractivity contribution in [1.29, 1.82) is 0 Å². The smallest absolute Gasteiger partial charge is 0.0672 e. The van der Waals surface area contributed by atoms with Crippen LogP contribution in [0.5, 0.6) is 0 Å². The van der Waals surface area contributed by atoms with Crippen molar-refractivity contribution in [2.24, 2.45) is 4.99 Å². The molecule has 17 heavy (non-hydrogen) atoms. The summed E-state index contributed by atoms with van der Waals surface area (Å²) in [4.78, 5) is 4.79. The Morgan fingerprint density at radius 3 is 2.41 bits per heavy atom.